The summed E-state index contributed by atoms with van der Waals surface area (Å²) in [5, 5.41) is 20.1. The van der Waals surface area contributed by atoms with Crippen LogP contribution < -0.4 is 0 Å². The van der Waals surface area contributed by atoms with Crippen LogP contribution in [0.2, 0.25) is 0 Å². The number of nitrogens with zero attached hydrogens (tertiary/aromatic N) is 4. The van der Waals surface area contributed by atoms with Crippen molar-refractivity contribution in [3.8, 4) is 0 Å². The Morgan fingerprint density at radius 1 is 1.44 bits per heavy atom. The molecule has 0 saturated carbocycles. The number of tetrazole rings is 1. The Kier molecular flexibility index (Phi) is 7.30. The van der Waals surface area contributed by atoms with Crippen molar-refractivity contribution < 1.29 is 19.4 Å². The summed E-state index contributed by atoms with van der Waals surface area (Å²) < 4.78 is 11.7. The third-order valence-electron chi connectivity index (χ3n) is 1.91. The Morgan fingerprint density at radius 3 is 3.00 bits per heavy atom. The molecule has 0 amide bonds. The van der Waals surface area contributed by atoms with E-state index in [9.17, 15) is 4.79 Å². The zero-order valence-electron chi connectivity index (χ0n) is 10.1. The molecule has 1 N–H and O–H groups in total. The molecule has 0 aliphatic carbocycles. The Bertz CT molecular complexity index is 360. The van der Waals surface area contributed by atoms with Gasteiger partial charge in [0.1, 0.15) is 0 Å². The van der Waals surface area contributed by atoms with Crippen LogP contribution in [0.3, 0.4) is 0 Å². The first-order chi connectivity index (χ1) is 8.74. The molecule has 0 spiro atoms. The highest BCUT2D eigenvalue weighted by molar-refractivity contribution is 7.99. The monoisotopic (exact) mass is 276 g/mol. The van der Waals surface area contributed by atoms with Crippen LogP contribution in [0.25, 0.3) is 0 Å². The highest BCUT2D eigenvalue weighted by atomic mass is 32.2. The van der Waals surface area contributed by atoms with E-state index in [0.717, 1.165) is 18.2 Å². The molecule has 1 rings (SSSR count). The SMILES string of the molecule is COCCOCCCn1nnnc1SCC(=O)O. The minimum absolute atomic E-state index is 0.0509. The average Bonchev–Trinajstić information content (AvgIpc) is 2.78. The van der Waals surface area contributed by atoms with Crippen LogP contribution in [0.5, 0.6) is 0 Å². The van der Waals surface area contributed by atoms with Crippen LogP contribution in [0.1, 0.15) is 6.42 Å². The van der Waals surface area contributed by atoms with Crippen molar-refractivity contribution in [2.75, 3.05) is 32.7 Å². The fourth-order valence-corrected chi connectivity index (χ4v) is 1.75. The molecule has 0 aromatic carbocycles. The van der Waals surface area contributed by atoms with Crippen molar-refractivity contribution in [2.24, 2.45) is 0 Å². The average molecular weight is 276 g/mol. The van der Waals surface area contributed by atoms with Crippen LogP contribution in [0, 0.1) is 0 Å². The molecule has 9 heteroatoms. The van der Waals surface area contributed by atoms with Gasteiger partial charge in [-0.2, -0.15) is 0 Å². The quantitative estimate of drug-likeness (QED) is 0.467. The molecule has 0 aliphatic rings. The first kappa shape index (κ1) is 14.9. The number of aryl methyl sites for hydroxylation is 1. The normalized spacial score (nSPS) is 10.7. The number of thioether (sulfide) groups is 1. The Hall–Kier alpha value is -1.19. The summed E-state index contributed by atoms with van der Waals surface area (Å²) in [5.74, 6) is -0.942. The molecule has 0 saturated heterocycles. The lowest BCUT2D eigenvalue weighted by Crippen LogP contribution is -2.09. The predicted octanol–water partition coefficient (Wildman–Crippen LogP) is -0.0971. The largest absolute Gasteiger partial charge is 0.481 e. The molecule has 0 radical (unpaired) electrons. The third kappa shape index (κ3) is 5.94. The van der Waals surface area contributed by atoms with Gasteiger partial charge in [0.15, 0.2) is 0 Å². The molecule has 102 valence electrons. The Morgan fingerprint density at radius 2 is 2.28 bits per heavy atom. The van der Waals surface area contributed by atoms with E-state index in [1.807, 2.05) is 0 Å². The van der Waals surface area contributed by atoms with E-state index in [2.05, 4.69) is 15.5 Å². The molecule has 18 heavy (non-hydrogen) atoms. The fourth-order valence-electron chi connectivity index (χ4n) is 1.13. The summed E-state index contributed by atoms with van der Waals surface area (Å²) in [5.41, 5.74) is 0. The van der Waals surface area contributed by atoms with Crippen molar-refractivity contribution in [1.29, 1.82) is 0 Å². The zero-order chi connectivity index (χ0) is 13.2. The second kappa shape index (κ2) is 8.84. The third-order valence-corrected chi connectivity index (χ3v) is 2.86. The number of rotatable bonds is 10. The molecule has 0 fully saturated rings. The number of hydrogen-bond donors (Lipinski definition) is 1. The lowest BCUT2D eigenvalue weighted by molar-refractivity contribution is -0.133. The van der Waals surface area contributed by atoms with Gasteiger partial charge in [-0.25, -0.2) is 4.68 Å². The smallest absolute Gasteiger partial charge is 0.313 e. The number of ether oxygens (including phenoxy) is 2. The van der Waals surface area contributed by atoms with E-state index in [-0.39, 0.29) is 5.75 Å². The number of carbonyl (C=O) groups is 1. The summed E-state index contributed by atoms with van der Waals surface area (Å²) in [4.78, 5) is 10.4. The van der Waals surface area contributed by atoms with Gasteiger partial charge in [-0.1, -0.05) is 11.8 Å². The maximum Gasteiger partial charge on any atom is 0.313 e. The van der Waals surface area contributed by atoms with Crippen molar-refractivity contribution >= 4 is 17.7 Å². The van der Waals surface area contributed by atoms with Gasteiger partial charge in [-0.05, 0) is 16.8 Å². The molecule has 1 aromatic heterocycles. The van der Waals surface area contributed by atoms with Crippen molar-refractivity contribution in [3.05, 3.63) is 0 Å². The minimum atomic E-state index is -0.891. The van der Waals surface area contributed by atoms with Gasteiger partial charge in [-0.3, -0.25) is 4.79 Å². The van der Waals surface area contributed by atoms with Gasteiger partial charge >= 0.3 is 5.97 Å². The van der Waals surface area contributed by atoms with Gasteiger partial charge in [-0.15, -0.1) is 5.10 Å². The Balaban J connectivity index is 2.21. The molecule has 1 heterocycles. The summed E-state index contributed by atoms with van der Waals surface area (Å²) in [7, 11) is 1.62. The molecular weight excluding hydrogens is 260 g/mol. The summed E-state index contributed by atoms with van der Waals surface area (Å²) >= 11 is 1.10. The van der Waals surface area contributed by atoms with Gasteiger partial charge < -0.3 is 14.6 Å². The van der Waals surface area contributed by atoms with Crippen LogP contribution in [-0.2, 0) is 20.8 Å². The van der Waals surface area contributed by atoms with Crippen molar-refractivity contribution in [1.82, 2.24) is 20.2 Å². The number of hydrogen-bond acceptors (Lipinski definition) is 7. The predicted molar refractivity (Wildman–Crippen MR) is 63.5 cm³/mol. The summed E-state index contributed by atoms with van der Waals surface area (Å²) in [6, 6.07) is 0. The zero-order valence-corrected chi connectivity index (χ0v) is 10.9. The van der Waals surface area contributed by atoms with Gasteiger partial charge in [0.25, 0.3) is 0 Å². The van der Waals surface area contributed by atoms with Crippen molar-refractivity contribution in [2.45, 2.75) is 18.1 Å². The van der Waals surface area contributed by atoms with Gasteiger partial charge in [0, 0.05) is 20.3 Å². The molecule has 0 bridgehead atoms. The molecular formula is C9H16N4O4S. The molecule has 1 aromatic rings. The second-order valence-electron chi connectivity index (χ2n) is 3.33. The maximum atomic E-state index is 10.4. The molecule has 8 nitrogen and oxygen atoms in total. The lowest BCUT2D eigenvalue weighted by Gasteiger charge is -2.04. The van der Waals surface area contributed by atoms with Crippen LogP contribution in [0.4, 0.5) is 0 Å². The summed E-state index contributed by atoms with van der Waals surface area (Å²) in [6.07, 6.45) is 0.759. The fraction of sp³-hybridized carbons (Fsp3) is 0.778. The number of methoxy groups -OCH3 is 1. The number of aromatic nitrogens is 4. The first-order valence-corrected chi connectivity index (χ1v) is 6.40. The number of carboxylic acids is 1. The number of aliphatic carboxylic acids is 1. The second-order valence-corrected chi connectivity index (χ2v) is 4.27. The molecule has 0 aliphatic heterocycles. The van der Waals surface area contributed by atoms with E-state index in [1.165, 1.54) is 0 Å². The maximum absolute atomic E-state index is 10.4. The van der Waals surface area contributed by atoms with Gasteiger partial charge in [0.2, 0.25) is 5.16 Å². The van der Waals surface area contributed by atoms with E-state index >= 15 is 0 Å². The van der Waals surface area contributed by atoms with Crippen LogP contribution >= 0.6 is 11.8 Å². The topological polar surface area (TPSA) is 99.4 Å². The first-order valence-electron chi connectivity index (χ1n) is 5.41. The van der Waals surface area contributed by atoms with Crippen LogP contribution in [0.15, 0.2) is 5.16 Å². The standard InChI is InChI=1S/C9H16N4O4S/c1-16-5-6-17-4-2-3-13-9(10-11-12-13)18-7-8(14)15/h2-7H2,1H3,(H,14,15). The van der Waals surface area contributed by atoms with E-state index in [1.54, 1.807) is 11.8 Å². The number of carboxylic acid groups (broad SMARTS) is 1. The van der Waals surface area contributed by atoms with Crippen molar-refractivity contribution in [3.63, 3.8) is 0 Å². The molecule has 0 unspecified atom stereocenters. The highest BCUT2D eigenvalue weighted by Crippen LogP contribution is 2.13. The van der Waals surface area contributed by atoms with Gasteiger partial charge in [0.05, 0.1) is 19.0 Å². The minimum Gasteiger partial charge on any atom is -0.481 e. The summed E-state index contributed by atoms with van der Waals surface area (Å²) in [6.45, 7) is 2.32. The Labute approximate surface area is 109 Å². The van der Waals surface area contributed by atoms with Crippen LogP contribution in [-0.4, -0.2) is 64.0 Å². The highest BCUT2D eigenvalue weighted by Gasteiger charge is 2.08. The van der Waals surface area contributed by atoms with E-state index < -0.39 is 5.97 Å². The lowest BCUT2D eigenvalue weighted by atomic mass is 10.4. The van der Waals surface area contributed by atoms with E-state index in [4.69, 9.17) is 14.6 Å². The van der Waals surface area contributed by atoms with E-state index in [0.29, 0.717) is 31.5 Å². The molecule has 0 atom stereocenters.